The Morgan fingerprint density at radius 3 is 2.75 bits per heavy atom. The second kappa shape index (κ2) is 3.33. The zero-order chi connectivity index (χ0) is 11.1. The monoisotopic (exact) mass is 217 g/mol. The van der Waals surface area contributed by atoms with Gasteiger partial charge in [-0.3, -0.25) is 0 Å². The largest absolute Gasteiger partial charge is 0.457 e. The number of oxime groups is 1. The summed E-state index contributed by atoms with van der Waals surface area (Å²) in [5.41, 5.74) is 1.44. The predicted octanol–water partition coefficient (Wildman–Crippen LogP) is 1.68. The van der Waals surface area contributed by atoms with Crippen molar-refractivity contribution >= 4 is 11.7 Å². The number of hydrogen-bond donors (Lipinski definition) is 0. The van der Waals surface area contributed by atoms with E-state index >= 15 is 0 Å². The zero-order valence-corrected chi connectivity index (χ0v) is 8.79. The lowest BCUT2D eigenvalue weighted by Gasteiger charge is -2.17. The maximum Gasteiger partial charge on any atom is 0.357 e. The molecule has 0 radical (unpaired) electrons. The fourth-order valence-electron chi connectivity index (χ4n) is 2.24. The Balaban J connectivity index is 1.94. The first-order valence-corrected chi connectivity index (χ1v) is 5.27. The fraction of sp³-hybridized carbons (Fsp3) is 0.333. The molecule has 16 heavy (non-hydrogen) atoms. The van der Waals surface area contributed by atoms with Gasteiger partial charge >= 0.3 is 5.97 Å². The Hall–Kier alpha value is -1.84. The molecule has 0 N–H and O–H groups in total. The van der Waals surface area contributed by atoms with Crippen molar-refractivity contribution < 1.29 is 14.4 Å². The average Bonchev–Trinajstić information content (AvgIpc) is 2.84. The van der Waals surface area contributed by atoms with E-state index in [0.717, 1.165) is 5.56 Å². The number of fused-ring (bicyclic) bond motifs is 1. The number of carbonyl (C=O) groups is 1. The van der Waals surface area contributed by atoms with Crippen molar-refractivity contribution in [2.45, 2.75) is 19.1 Å². The van der Waals surface area contributed by atoms with E-state index in [0.29, 0.717) is 5.71 Å². The topological polar surface area (TPSA) is 47.9 Å². The van der Waals surface area contributed by atoms with Gasteiger partial charge in [0, 0.05) is 0 Å². The van der Waals surface area contributed by atoms with Crippen LogP contribution in [-0.4, -0.2) is 17.8 Å². The van der Waals surface area contributed by atoms with E-state index in [1.165, 1.54) is 0 Å². The van der Waals surface area contributed by atoms with E-state index in [2.05, 4.69) is 5.16 Å². The Morgan fingerprint density at radius 1 is 1.25 bits per heavy atom. The standard InChI is InChI=1S/C12H11NO3/c1-7-9-10(12(14)15-7)13-16-11(9)8-5-3-2-4-6-8/h2-7,9,11H,1H3/t7-,9-,11+/m1/s1. The Bertz CT molecular complexity index is 455. The lowest BCUT2D eigenvalue weighted by atomic mass is 9.90. The molecule has 0 saturated carbocycles. The molecule has 1 aromatic rings. The number of rotatable bonds is 1. The molecule has 0 amide bonds. The summed E-state index contributed by atoms with van der Waals surface area (Å²) in [5, 5.41) is 3.83. The van der Waals surface area contributed by atoms with Crippen molar-refractivity contribution in [1.29, 1.82) is 0 Å². The minimum atomic E-state index is -0.351. The van der Waals surface area contributed by atoms with E-state index < -0.39 is 0 Å². The van der Waals surface area contributed by atoms with Gasteiger partial charge in [-0.05, 0) is 12.5 Å². The van der Waals surface area contributed by atoms with Crippen molar-refractivity contribution in [3.8, 4) is 0 Å². The molecule has 4 heteroatoms. The van der Waals surface area contributed by atoms with E-state index in [-0.39, 0.29) is 24.1 Å². The van der Waals surface area contributed by atoms with Crippen molar-refractivity contribution in [1.82, 2.24) is 0 Å². The minimum absolute atomic E-state index is 0.0742. The van der Waals surface area contributed by atoms with Gasteiger partial charge in [0.15, 0.2) is 11.8 Å². The number of benzene rings is 1. The summed E-state index contributed by atoms with van der Waals surface area (Å²) in [6.45, 7) is 1.87. The Kier molecular flexibility index (Phi) is 1.96. The Labute approximate surface area is 92.8 Å². The number of esters is 1. The van der Waals surface area contributed by atoms with Crippen LogP contribution in [0.25, 0.3) is 0 Å². The van der Waals surface area contributed by atoms with Crippen molar-refractivity contribution in [3.05, 3.63) is 35.9 Å². The van der Waals surface area contributed by atoms with E-state index in [1.807, 2.05) is 37.3 Å². The quantitative estimate of drug-likeness (QED) is 0.672. The van der Waals surface area contributed by atoms with Crippen LogP contribution in [0.2, 0.25) is 0 Å². The maximum atomic E-state index is 11.4. The highest BCUT2D eigenvalue weighted by molar-refractivity contribution is 6.39. The third kappa shape index (κ3) is 1.23. The Morgan fingerprint density at radius 2 is 2.00 bits per heavy atom. The van der Waals surface area contributed by atoms with Crippen LogP contribution in [0, 0.1) is 5.92 Å². The normalized spacial score (nSPS) is 31.7. The molecule has 0 aromatic heterocycles. The second-order valence-electron chi connectivity index (χ2n) is 4.05. The highest BCUT2D eigenvalue weighted by Crippen LogP contribution is 2.39. The van der Waals surface area contributed by atoms with E-state index in [1.54, 1.807) is 0 Å². The van der Waals surface area contributed by atoms with Crippen LogP contribution in [0.4, 0.5) is 0 Å². The third-order valence-corrected chi connectivity index (χ3v) is 3.04. The summed E-state index contributed by atoms with van der Waals surface area (Å²) in [6.07, 6.45) is -0.364. The first-order valence-electron chi connectivity index (χ1n) is 5.27. The summed E-state index contributed by atoms with van der Waals surface area (Å²) in [4.78, 5) is 16.7. The molecule has 3 rings (SSSR count). The van der Waals surface area contributed by atoms with Crippen LogP contribution < -0.4 is 0 Å². The van der Waals surface area contributed by atoms with Crippen LogP contribution in [0.3, 0.4) is 0 Å². The molecule has 1 aromatic carbocycles. The van der Waals surface area contributed by atoms with Crippen molar-refractivity contribution in [2.24, 2.45) is 11.1 Å². The second-order valence-corrected chi connectivity index (χ2v) is 4.05. The summed E-state index contributed by atoms with van der Waals surface area (Å²) in [7, 11) is 0. The molecule has 2 aliphatic heterocycles. The molecule has 0 bridgehead atoms. The van der Waals surface area contributed by atoms with Gasteiger partial charge in [0.2, 0.25) is 0 Å². The van der Waals surface area contributed by atoms with Crippen molar-refractivity contribution in [3.63, 3.8) is 0 Å². The zero-order valence-electron chi connectivity index (χ0n) is 8.79. The van der Waals surface area contributed by atoms with Gasteiger partial charge in [-0.1, -0.05) is 35.5 Å². The number of nitrogens with zero attached hydrogens (tertiary/aromatic N) is 1. The summed E-state index contributed by atoms with van der Waals surface area (Å²) in [5.74, 6) is -0.425. The predicted molar refractivity (Wildman–Crippen MR) is 56.7 cm³/mol. The third-order valence-electron chi connectivity index (χ3n) is 3.04. The van der Waals surface area contributed by atoms with Gasteiger partial charge in [-0.15, -0.1) is 0 Å². The number of ether oxygens (including phenoxy) is 1. The van der Waals surface area contributed by atoms with Crippen LogP contribution in [0.5, 0.6) is 0 Å². The molecule has 82 valence electrons. The molecular weight excluding hydrogens is 206 g/mol. The minimum Gasteiger partial charge on any atom is -0.457 e. The highest BCUT2D eigenvalue weighted by atomic mass is 16.7. The average molecular weight is 217 g/mol. The molecular formula is C12H11NO3. The molecule has 2 heterocycles. The van der Waals surface area contributed by atoms with Gasteiger partial charge in [-0.2, -0.15) is 0 Å². The van der Waals surface area contributed by atoms with Gasteiger partial charge in [0.1, 0.15) is 6.10 Å². The van der Waals surface area contributed by atoms with Gasteiger partial charge in [-0.25, -0.2) is 4.79 Å². The number of carbonyl (C=O) groups excluding carboxylic acids is 1. The molecule has 0 aliphatic carbocycles. The molecule has 1 fully saturated rings. The van der Waals surface area contributed by atoms with E-state index in [4.69, 9.17) is 9.57 Å². The van der Waals surface area contributed by atoms with Gasteiger partial charge < -0.3 is 9.57 Å². The molecule has 0 unspecified atom stereocenters. The lowest BCUT2D eigenvalue weighted by molar-refractivity contribution is -0.138. The first kappa shape index (κ1) is 9.39. The number of cyclic esters (lactones) is 1. The first-order chi connectivity index (χ1) is 7.77. The summed E-state index contributed by atoms with van der Waals surface area (Å²) < 4.78 is 5.13. The van der Waals surface area contributed by atoms with Gasteiger partial charge in [0.05, 0.1) is 5.92 Å². The molecule has 4 nitrogen and oxygen atoms in total. The molecule has 0 spiro atoms. The van der Waals surface area contributed by atoms with Crippen molar-refractivity contribution in [2.75, 3.05) is 0 Å². The molecule has 2 aliphatic rings. The molecule has 1 saturated heterocycles. The van der Waals surface area contributed by atoms with E-state index in [9.17, 15) is 4.79 Å². The number of hydrogen-bond acceptors (Lipinski definition) is 4. The van der Waals surface area contributed by atoms with Crippen LogP contribution in [-0.2, 0) is 14.4 Å². The summed E-state index contributed by atoms with van der Waals surface area (Å²) in [6, 6.07) is 9.77. The van der Waals surface area contributed by atoms with Crippen LogP contribution >= 0.6 is 0 Å². The van der Waals surface area contributed by atoms with Crippen LogP contribution in [0.1, 0.15) is 18.6 Å². The van der Waals surface area contributed by atoms with Crippen LogP contribution in [0.15, 0.2) is 35.5 Å². The maximum absolute atomic E-state index is 11.4. The SMILES string of the molecule is C[C@H]1OC(=O)C2=NO[C@@H](c3ccccc3)[C@@H]21. The highest BCUT2D eigenvalue weighted by Gasteiger charge is 2.49. The lowest BCUT2D eigenvalue weighted by Crippen LogP contribution is -2.21. The smallest absolute Gasteiger partial charge is 0.357 e. The molecule has 3 atom stereocenters. The summed E-state index contributed by atoms with van der Waals surface area (Å²) >= 11 is 0. The fourth-order valence-corrected chi connectivity index (χ4v) is 2.24. The van der Waals surface area contributed by atoms with Gasteiger partial charge in [0.25, 0.3) is 0 Å².